The van der Waals surface area contributed by atoms with Crippen LogP contribution in [0.3, 0.4) is 0 Å². The van der Waals surface area contributed by atoms with Crippen molar-refractivity contribution < 1.29 is 4.79 Å². The Morgan fingerprint density at radius 2 is 1.97 bits per heavy atom. The van der Waals surface area contributed by atoms with Gasteiger partial charge in [0, 0.05) is 48.7 Å². The van der Waals surface area contributed by atoms with Crippen LogP contribution in [0.15, 0.2) is 48.5 Å². The van der Waals surface area contributed by atoms with E-state index < -0.39 is 0 Å². The number of aryl methyl sites for hydroxylation is 2. The average Bonchev–Trinajstić information content (AvgIpc) is 3.32. The molecule has 6 heteroatoms. The molecule has 0 radical (unpaired) electrons. The van der Waals surface area contributed by atoms with E-state index >= 15 is 0 Å². The second-order valence-electron chi connectivity index (χ2n) is 8.58. The zero-order valence-electron chi connectivity index (χ0n) is 18.4. The lowest BCUT2D eigenvalue weighted by molar-refractivity contribution is 0.0605. The standard InChI is InChI=1S/C25H29N5O/c1-4-29-21-10-6-5-8-17(21)15-23(29)24-27-20-14-18(11-12-22(20)28(24)3)25(31)30-13-7-9-19(26)16(30)2/h5-6,8,10-12,14-16,19H,4,7,9,13,26H2,1-3H3/t16-,19-/m1/s1. The SMILES string of the molecule is CCn1c(-c2nc3cc(C(=O)N4CCC[C@@H](N)[C@H]4C)ccc3n2C)cc2ccccc21. The number of fused-ring (bicyclic) bond motifs is 2. The molecule has 1 amide bonds. The number of nitrogens with two attached hydrogens (primary N) is 1. The lowest BCUT2D eigenvalue weighted by Crippen LogP contribution is -2.52. The molecule has 2 atom stereocenters. The molecule has 0 spiro atoms. The summed E-state index contributed by atoms with van der Waals surface area (Å²) in [7, 11) is 2.04. The third-order valence-electron chi connectivity index (χ3n) is 6.79. The third-order valence-corrected chi connectivity index (χ3v) is 6.79. The van der Waals surface area contributed by atoms with Crippen LogP contribution in [0.5, 0.6) is 0 Å². The van der Waals surface area contributed by atoms with Gasteiger partial charge in [-0.05, 0) is 57.0 Å². The molecule has 2 N–H and O–H groups in total. The summed E-state index contributed by atoms with van der Waals surface area (Å²) in [5, 5.41) is 1.21. The first-order valence-electron chi connectivity index (χ1n) is 11.1. The van der Waals surface area contributed by atoms with Crippen molar-refractivity contribution >= 4 is 27.8 Å². The summed E-state index contributed by atoms with van der Waals surface area (Å²) in [6, 6.07) is 16.5. The maximum atomic E-state index is 13.2. The Hall–Kier alpha value is -3.12. The van der Waals surface area contributed by atoms with Crippen molar-refractivity contribution in [2.45, 2.75) is 45.3 Å². The van der Waals surface area contributed by atoms with Gasteiger partial charge in [0.15, 0.2) is 5.82 Å². The fourth-order valence-electron chi connectivity index (χ4n) is 4.92. The van der Waals surface area contributed by atoms with Crippen molar-refractivity contribution in [3.63, 3.8) is 0 Å². The fourth-order valence-corrected chi connectivity index (χ4v) is 4.92. The zero-order chi connectivity index (χ0) is 21.7. The van der Waals surface area contributed by atoms with Crippen molar-refractivity contribution in [1.29, 1.82) is 0 Å². The van der Waals surface area contributed by atoms with Crippen LogP contribution in [0.2, 0.25) is 0 Å². The Morgan fingerprint density at radius 3 is 2.77 bits per heavy atom. The monoisotopic (exact) mass is 415 g/mol. The van der Waals surface area contributed by atoms with E-state index in [1.807, 2.05) is 37.1 Å². The summed E-state index contributed by atoms with van der Waals surface area (Å²) < 4.78 is 4.41. The highest BCUT2D eigenvalue weighted by Gasteiger charge is 2.29. The molecule has 2 aromatic carbocycles. The molecular formula is C25H29N5O. The molecule has 6 nitrogen and oxygen atoms in total. The number of amides is 1. The molecule has 31 heavy (non-hydrogen) atoms. The van der Waals surface area contributed by atoms with Crippen LogP contribution in [-0.2, 0) is 13.6 Å². The molecule has 0 aliphatic carbocycles. The van der Waals surface area contributed by atoms with Gasteiger partial charge in [-0.25, -0.2) is 4.98 Å². The number of carbonyl (C=O) groups excluding carboxylic acids is 1. The molecule has 0 bridgehead atoms. The molecule has 0 unspecified atom stereocenters. The molecule has 3 heterocycles. The summed E-state index contributed by atoms with van der Waals surface area (Å²) in [6.07, 6.45) is 1.92. The Bertz CT molecular complexity index is 1280. The lowest BCUT2D eigenvalue weighted by Gasteiger charge is -2.37. The second-order valence-corrected chi connectivity index (χ2v) is 8.58. The van der Waals surface area contributed by atoms with Gasteiger partial charge in [0.1, 0.15) is 0 Å². The molecule has 1 aliphatic heterocycles. The molecule has 160 valence electrons. The van der Waals surface area contributed by atoms with Gasteiger partial charge in [0.25, 0.3) is 5.91 Å². The summed E-state index contributed by atoms with van der Waals surface area (Å²) in [5.74, 6) is 0.949. The van der Waals surface area contributed by atoms with E-state index in [0.717, 1.165) is 48.5 Å². The highest BCUT2D eigenvalue weighted by molar-refractivity contribution is 5.98. The van der Waals surface area contributed by atoms with Crippen molar-refractivity contribution in [3.05, 3.63) is 54.1 Å². The van der Waals surface area contributed by atoms with Crippen molar-refractivity contribution in [2.75, 3.05) is 6.54 Å². The fraction of sp³-hybridized carbons (Fsp3) is 0.360. The zero-order valence-corrected chi connectivity index (χ0v) is 18.4. The maximum Gasteiger partial charge on any atom is 0.254 e. The molecule has 5 rings (SSSR count). The Labute approximate surface area is 182 Å². The Kier molecular flexibility index (Phi) is 4.82. The van der Waals surface area contributed by atoms with Crippen molar-refractivity contribution in [2.24, 2.45) is 12.8 Å². The van der Waals surface area contributed by atoms with Crippen molar-refractivity contribution in [3.8, 4) is 11.5 Å². The van der Waals surface area contributed by atoms with Crippen LogP contribution >= 0.6 is 0 Å². The number of nitrogens with zero attached hydrogens (tertiary/aromatic N) is 4. The van der Waals surface area contributed by atoms with Crippen LogP contribution < -0.4 is 5.73 Å². The molecule has 2 aromatic heterocycles. The quantitative estimate of drug-likeness (QED) is 0.546. The molecular weight excluding hydrogens is 386 g/mol. The largest absolute Gasteiger partial charge is 0.338 e. The van der Waals surface area contributed by atoms with Crippen LogP contribution in [-0.4, -0.2) is 43.6 Å². The first kappa shape index (κ1) is 19.8. The predicted molar refractivity (Wildman–Crippen MR) is 125 cm³/mol. The average molecular weight is 416 g/mol. The van der Waals surface area contributed by atoms with Crippen LogP contribution in [0.4, 0.5) is 0 Å². The van der Waals surface area contributed by atoms with Gasteiger partial charge in [0.05, 0.1) is 16.7 Å². The summed E-state index contributed by atoms with van der Waals surface area (Å²) in [4.78, 5) is 20.1. The van der Waals surface area contributed by atoms with E-state index in [-0.39, 0.29) is 18.0 Å². The van der Waals surface area contributed by atoms with Crippen LogP contribution in [0.1, 0.15) is 37.0 Å². The van der Waals surface area contributed by atoms with E-state index in [4.69, 9.17) is 10.7 Å². The maximum absolute atomic E-state index is 13.2. The highest BCUT2D eigenvalue weighted by atomic mass is 16.2. The number of hydrogen-bond acceptors (Lipinski definition) is 3. The summed E-state index contributed by atoms with van der Waals surface area (Å²) in [6.45, 7) is 5.82. The Morgan fingerprint density at radius 1 is 1.16 bits per heavy atom. The number of carbonyl (C=O) groups is 1. The number of piperidine rings is 1. The number of para-hydroxylation sites is 1. The number of hydrogen-bond donors (Lipinski definition) is 1. The predicted octanol–water partition coefficient (Wildman–Crippen LogP) is 4.17. The van der Waals surface area contributed by atoms with Gasteiger partial charge < -0.3 is 19.8 Å². The van der Waals surface area contributed by atoms with Gasteiger partial charge in [-0.15, -0.1) is 0 Å². The van der Waals surface area contributed by atoms with E-state index in [1.165, 1.54) is 10.9 Å². The number of rotatable bonds is 3. The number of likely N-dealkylation sites (tertiary alicyclic amines) is 1. The van der Waals surface area contributed by atoms with Gasteiger partial charge in [-0.3, -0.25) is 4.79 Å². The minimum atomic E-state index is 0.0406. The van der Waals surface area contributed by atoms with Gasteiger partial charge in [0.2, 0.25) is 0 Å². The minimum Gasteiger partial charge on any atom is -0.338 e. The molecule has 1 fully saturated rings. The smallest absolute Gasteiger partial charge is 0.254 e. The number of imidazole rings is 1. The van der Waals surface area contributed by atoms with E-state index in [2.05, 4.69) is 46.4 Å². The lowest BCUT2D eigenvalue weighted by atomic mass is 9.97. The van der Waals surface area contributed by atoms with Crippen LogP contribution in [0.25, 0.3) is 33.5 Å². The van der Waals surface area contributed by atoms with Crippen LogP contribution in [0, 0.1) is 0 Å². The first-order chi connectivity index (χ1) is 15.0. The number of benzene rings is 2. The van der Waals surface area contributed by atoms with Gasteiger partial charge in [-0.1, -0.05) is 18.2 Å². The summed E-state index contributed by atoms with van der Waals surface area (Å²) in [5.41, 5.74) is 11.0. The Balaban J connectivity index is 1.57. The normalized spacial score (nSPS) is 19.4. The highest BCUT2D eigenvalue weighted by Crippen LogP contribution is 2.30. The van der Waals surface area contributed by atoms with Gasteiger partial charge in [-0.2, -0.15) is 0 Å². The minimum absolute atomic E-state index is 0.0406. The van der Waals surface area contributed by atoms with Gasteiger partial charge >= 0.3 is 0 Å². The molecule has 0 saturated carbocycles. The topological polar surface area (TPSA) is 69.1 Å². The molecule has 1 aliphatic rings. The first-order valence-corrected chi connectivity index (χ1v) is 11.1. The number of aromatic nitrogens is 3. The third kappa shape index (κ3) is 3.13. The van der Waals surface area contributed by atoms with Crippen molar-refractivity contribution in [1.82, 2.24) is 19.0 Å². The van der Waals surface area contributed by atoms with E-state index in [9.17, 15) is 4.79 Å². The molecule has 4 aromatic rings. The molecule has 1 saturated heterocycles. The van der Waals surface area contributed by atoms with E-state index in [1.54, 1.807) is 0 Å². The second kappa shape index (κ2) is 7.54. The van der Waals surface area contributed by atoms with E-state index in [0.29, 0.717) is 5.56 Å². The summed E-state index contributed by atoms with van der Waals surface area (Å²) >= 11 is 0.